The summed E-state index contributed by atoms with van der Waals surface area (Å²) >= 11 is 5.06. The maximum atomic E-state index is 10.1. The average molecular weight is 211 g/mol. The molecule has 4 nitrogen and oxygen atoms in total. The van der Waals surface area contributed by atoms with Gasteiger partial charge in [0, 0.05) is 6.92 Å². The zero-order valence-electron chi connectivity index (χ0n) is 8.13. The number of esters is 2. The van der Waals surface area contributed by atoms with Gasteiger partial charge in [-0.1, -0.05) is 0 Å². The molecule has 0 rings (SSSR count). The topological polar surface area (TPSA) is 52.6 Å². The van der Waals surface area contributed by atoms with Crippen LogP contribution in [-0.2, 0) is 19.1 Å². The van der Waals surface area contributed by atoms with Crippen LogP contribution in [0.2, 0.25) is 0 Å². The van der Waals surface area contributed by atoms with Crippen LogP contribution >= 0.6 is 11.6 Å². The van der Waals surface area contributed by atoms with Crippen LogP contribution in [0.3, 0.4) is 0 Å². The Morgan fingerprint density at radius 1 is 1.15 bits per heavy atom. The molecule has 5 heteroatoms. The molecule has 0 spiro atoms. The highest BCUT2D eigenvalue weighted by Gasteiger charge is 1.93. The monoisotopic (exact) mass is 210 g/mol. The van der Waals surface area contributed by atoms with Gasteiger partial charge in [0.05, 0.1) is 13.2 Å². The molecule has 0 fully saturated rings. The second kappa shape index (κ2) is 11.2. The molecule has 0 saturated heterocycles. The van der Waals surface area contributed by atoms with Gasteiger partial charge in [-0.25, -0.2) is 0 Å². The lowest BCUT2D eigenvalue weighted by Gasteiger charge is -1.92. The third-order valence-electron chi connectivity index (χ3n) is 0.762. The van der Waals surface area contributed by atoms with Crippen molar-refractivity contribution in [2.24, 2.45) is 0 Å². The summed E-state index contributed by atoms with van der Waals surface area (Å²) in [5.74, 6) is -0.616. The lowest BCUT2D eigenvalue weighted by atomic mass is 10.8. The maximum Gasteiger partial charge on any atom is 0.320 e. The van der Waals surface area contributed by atoms with E-state index in [4.69, 9.17) is 11.6 Å². The summed E-state index contributed by atoms with van der Waals surface area (Å²) < 4.78 is 8.82. The van der Waals surface area contributed by atoms with Crippen molar-refractivity contribution >= 4 is 23.5 Å². The van der Waals surface area contributed by atoms with Crippen LogP contribution in [0.15, 0.2) is 0 Å². The van der Waals surface area contributed by atoms with Gasteiger partial charge in [-0.3, -0.25) is 9.59 Å². The predicted octanol–water partition coefficient (Wildman–Crippen LogP) is 1.36. The van der Waals surface area contributed by atoms with Crippen LogP contribution in [0.1, 0.15) is 20.8 Å². The largest absolute Gasteiger partial charge is 0.466 e. The SMILES string of the molecule is CCOC(=O)CCl.CCOC(C)=O. The first-order valence-corrected chi connectivity index (χ1v) is 4.46. The van der Waals surface area contributed by atoms with Crippen molar-refractivity contribution in [2.75, 3.05) is 19.1 Å². The molecule has 0 saturated carbocycles. The Morgan fingerprint density at radius 2 is 1.62 bits per heavy atom. The van der Waals surface area contributed by atoms with Gasteiger partial charge < -0.3 is 9.47 Å². The lowest BCUT2D eigenvalue weighted by Crippen LogP contribution is -2.03. The minimum absolute atomic E-state index is 0.0478. The summed E-state index contributed by atoms with van der Waals surface area (Å²) in [5.41, 5.74) is 0. The molecule has 0 N–H and O–H groups in total. The highest BCUT2D eigenvalue weighted by atomic mass is 35.5. The van der Waals surface area contributed by atoms with Crippen LogP contribution in [0.5, 0.6) is 0 Å². The second-order valence-corrected chi connectivity index (χ2v) is 2.13. The Labute approximate surface area is 83.2 Å². The van der Waals surface area contributed by atoms with Crippen molar-refractivity contribution < 1.29 is 19.1 Å². The van der Waals surface area contributed by atoms with Crippen LogP contribution in [-0.4, -0.2) is 31.0 Å². The highest BCUT2D eigenvalue weighted by Crippen LogP contribution is 1.79. The van der Waals surface area contributed by atoms with Crippen molar-refractivity contribution in [3.8, 4) is 0 Å². The van der Waals surface area contributed by atoms with Crippen molar-refractivity contribution in [1.29, 1.82) is 0 Å². The normalized spacial score (nSPS) is 8.00. The first kappa shape index (κ1) is 14.7. The number of carbonyl (C=O) groups excluding carboxylic acids is 2. The maximum absolute atomic E-state index is 10.1. The molecule has 13 heavy (non-hydrogen) atoms. The molecule has 0 radical (unpaired) electrons. The molecule has 0 heterocycles. The molecular weight excluding hydrogens is 196 g/mol. The lowest BCUT2D eigenvalue weighted by molar-refractivity contribution is -0.141. The molecular formula is C8H15ClO4. The number of rotatable bonds is 3. The summed E-state index contributed by atoms with van der Waals surface area (Å²) in [6.45, 7) is 5.80. The molecule has 0 atom stereocenters. The fraction of sp³-hybridized carbons (Fsp3) is 0.750. The minimum atomic E-state index is -0.357. The van der Waals surface area contributed by atoms with E-state index in [1.54, 1.807) is 13.8 Å². The van der Waals surface area contributed by atoms with E-state index >= 15 is 0 Å². The Hall–Kier alpha value is -0.770. The van der Waals surface area contributed by atoms with Crippen LogP contribution in [0, 0.1) is 0 Å². The first-order valence-electron chi connectivity index (χ1n) is 3.93. The Kier molecular flexibility index (Phi) is 12.7. The minimum Gasteiger partial charge on any atom is -0.466 e. The summed E-state index contributed by atoms with van der Waals surface area (Å²) in [7, 11) is 0. The predicted molar refractivity (Wildman–Crippen MR) is 49.7 cm³/mol. The Bertz CT molecular complexity index is 147. The number of ether oxygens (including phenoxy) is 2. The number of hydrogen-bond acceptors (Lipinski definition) is 4. The van der Waals surface area contributed by atoms with E-state index in [1.165, 1.54) is 6.92 Å². The average Bonchev–Trinajstić information content (AvgIpc) is 2.05. The molecule has 0 aromatic heterocycles. The van der Waals surface area contributed by atoms with Crippen molar-refractivity contribution in [1.82, 2.24) is 0 Å². The van der Waals surface area contributed by atoms with Gasteiger partial charge in [0.2, 0.25) is 0 Å². The van der Waals surface area contributed by atoms with E-state index in [-0.39, 0.29) is 17.8 Å². The van der Waals surface area contributed by atoms with E-state index < -0.39 is 0 Å². The van der Waals surface area contributed by atoms with Gasteiger partial charge in [0.25, 0.3) is 0 Å². The number of hydrogen-bond donors (Lipinski definition) is 0. The molecule has 0 aliphatic rings. The molecule has 0 aromatic rings. The van der Waals surface area contributed by atoms with Gasteiger partial charge in [0.15, 0.2) is 0 Å². The van der Waals surface area contributed by atoms with Gasteiger partial charge in [-0.2, -0.15) is 0 Å². The zero-order valence-corrected chi connectivity index (χ0v) is 8.89. The van der Waals surface area contributed by atoms with Crippen LogP contribution < -0.4 is 0 Å². The standard InChI is InChI=1S/C4H7ClO2.C4H8O2/c1-2-7-4(6)3-5;1-3-6-4(2)5/h2-3H2,1H3;3H2,1-2H3. The summed E-state index contributed by atoms with van der Waals surface area (Å²) in [6, 6.07) is 0. The third kappa shape index (κ3) is 18.3. The third-order valence-corrected chi connectivity index (χ3v) is 0.980. The Morgan fingerprint density at radius 3 is 1.69 bits per heavy atom. The molecule has 0 aliphatic carbocycles. The van der Waals surface area contributed by atoms with Crippen molar-refractivity contribution in [3.05, 3.63) is 0 Å². The summed E-state index contributed by atoms with van der Waals surface area (Å²) in [6.07, 6.45) is 0. The number of alkyl halides is 1. The van der Waals surface area contributed by atoms with Gasteiger partial charge >= 0.3 is 11.9 Å². The van der Waals surface area contributed by atoms with Gasteiger partial charge in [-0.15, -0.1) is 11.6 Å². The second-order valence-electron chi connectivity index (χ2n) is 1.86. The summed E-state index contributed by atoms with van der Waals surface area (Å²) in [4.78, 5) is 19.9. The van der Waals surface area contributed by atoms with Crippen molar-refractivity contribution in [3.63, 3.8) is 0 Å². The van der Waals surface area contributed by atoms with Gasteiger partial charge in [0.1, 0.15) is 5.88 Å². The van der Waals surface area contributed by atoms with E-state index in [1.807, 2.05) is 0 Å². The van der Waals surface area contributed by atoms with Crippen LogP contribution in [0.25, 0.3) is 0 Å². The van der Waals surface area contributed by atoms with Crippen molar-refractivity contribution in [2.45, 2.75) is 20.8 Å². The van der Waals surface area contributed by atoms with E-state index in [0.29, 0.717) is 13.2 Å². The Balaban J connectivity index is 0. The van der Waals surface area contributed by atoms with E-state index in [9.17, 15) is 9.59 Å². The smallest absolute Gasteiger partial charge is 0.320 e. The number of carbonyl (C=O) groups is 2. The quantitative estimate of drug-likeness (QED) is 0.521. The molecule has 0 amide bonds. The van der Waals surface area contributed by atoms with E-state index in [2.05, 4.69) is 9.47 Å². The van der Waals surface area contributed by atoms with Gasteiger partial charge in [-0.05, 0) is 13.8 Å². The molecule has 0 bridgehead atoms. The molecule has 0 unspecified atom stereocenters. The number of halogens is 1. The molecule has 78 valence electrons. The zero-order chi connectivity index (χ0) is 10.7. The fourth-order valence-corrected chi connectivity index (χ4v) is 0.480. The fourth-order valence-electron chi connectivity index (χ4n) is 0.403. The summed E-state index contributed by atoms with van der Waals surface area (Å²) in [5, 5.41) is 0. The van der Waals surface area contributed by atoms with Crippen LogP contribution in [0.4, 0.5) is 0 Å². The highest BCUT2D eigenvalue weighted by molar-refractivity contribution is 6.26. The molecule has 0 aliphatic heterocycles. The van der Waals surface area contributed by atoms with E-state index in [0.717, 1.165) is 0 Å². The molecule has 0 aromatic carbocycles. The first-order chi connectivity index (χ1) is 6.08.